The van der Waals surface area contributed by atoms with Gasteiger partial charge in [-0.15, -0.1) is 0 Å². The Balaban J connectivity index is 1.53. The molecule has 0 aliphatic heterocycles. The Labute approximate surface area is 143 Å². The van der Waals surface area contributed by atoms with Gasteiger partial charge < -0.3 is 10.4 Å². The highest BCUT2D eigenvalue weighted by Crippen LogP contribution is 2.40. The highest BCUT2D eigenvalue weighted by molar-refractivity contribution is 5.96. The molecule has 3 aromatic rings. The molecule has 3 N–H and O–H groups in total. The normalized spacial score (nSPS) is 15.0. The van der Waals surface area contributed by atoms with E-state index in [-0.39, 0.29) is 12.3 Å². The molecule has 0 saturated carbocycles. The number of carboxylic acids is 1. The van der Waals surface area contributed by atoms with Crippen molar-refractivity contribution in [3.8, 4) is 0 Å². The molecule has 6 heteroatoms. The van der Waals surface area contributed by atoms with Crippen LogP contribution in [0.3, 0.4) is 0 Å². The highest BCUT2D eigenvalue weighted by Gasteiger charge is 2.45. The van der Waals surface area contributed by atoms with Crippen molar-refractivity contribution < 1.29 is 14.7 Å². The first-order valence-electron chi connectivity index (χ1n) is 8.09. The number of hydrogen-bond donors (Lipinski definition) is 3. The lowest BCUT2D eigenvalue weighted by molar-refractivity contribution is -0.150. The maximum Gasteiger partial charge on any atom is 0.310 e. The van der Waals surface area contributed by atoms with Crippen molar-refractivity contribution in [2.24, 2.45) is 5.41 Å². The number of aromatic amines is 1. The standard InChI is InChI=1S/C19H17N3O3/c23-17(21-15-6-5-14-11-20-22-16(14)7-15)10-19(18(24)25)8-12-3-1-2-4-13(12)9-19/h1-7,11H,8-10H2,(H,20,22)(H,21,23)(H,24,25). The molecule has 0 fully saturated rings. The van der Waals surface area contributed by atoms with Gasteiger partial charge in [0.1, 0.15) is 0 Å². The van der Waals surface area contributed by atoms with Crippen LogP contribution in [-0.4, -0.2) is 27.2 Å². The number of nitrogens with one attached hydrogen (secondary N) is 2. The second kappa shape index (κ2) is 5.73. The van der Waals surface area contributed by atoms with E-state index in [0.717, 1.165) is 22.0 Å². The Bertz CT molecular complexity index is 952. The minimum atomic E-state index is -1.08. The monoisotopic (exact) mass is 335 g/mol. The predicted octanol–water partition coefficient (Wildman–Crippen LogP) is 2.76. The van der Waals surface area contributed by atoms with Crippen LogP contribution in [0.25, 0.3) is 10.9 Å². The van der Waals surface area contributed by atoms with Crippen molar-refractivity contribution >= 4 is 28.5 Å². The number of carbonyl (C=O) groups is 2. The van der Waals surface area contributed by atoms with E-state index < -0.39 is 11.4 Å². The molecule has 126 valence electrons. The van der Waals surface area contributed by atoms with Gasteiger partial charge in [0.25, 0.3) is 0 Å². The SMILES string of the molecule is O=C(CC1(C(=O)O)Cc2ccccc2C1)Nc1ccc2cn[nH]c2c1. The van der Waals surface area contributed by atoms with Crippen molar-refractivity contribution in [1.82, 2.24) is 10.2 Å². The van der Waals surface area contributed by atoms with Gasteiger partial charge in [-0.1, -0.05) is 24.3 Å². The predicted molar refractivity (Wildman–Crippen MR) is 93.3 cm³/mol. The van der Waals surface area contributed by atoms with Crippen LogP contribution in [-0.2, 0) is 22.4 Å². The minimum Gasteiger partial charge on any atom is -0.481 e. The Hall–Kier alpha value is -3.15. The Morgan fingerprint density at radius 1 is 1.16 bits per heavy atom. The molecule has 2 aromatic carbocycles. The van der Waals surface area contributed by atoms with Gasteiger partial charge in [0.05, 0.1) is 17.1 Å². The molecular weight excluding hydrogens is 318 g/mol. The summed E-state index contributed by atoms with van der Waals surface area (Å²) in [5, 5.41) is 20.3. The second-order valence-corrected chi connectivity index (χ2v) is 6.60. The molecule has 1 heterocycles. The third-order valence-corrected chi connectivity index (χ3v) is 4.85. The second-order valence-electron chi connectivity index (χ2n) is 6.60. The number of rotatable bonds is 4. The van der Waals surface area contributed by atoms with Gasteiger partial charge in [-0.05, 0) is 42.2 Å². The van der Waals surface area contributed by atoms with Gasteiger partial charge in [-0.3, -0.25) is 14.7 Å². The van der Waals surface area contributed by atoms with Gasteiger partial charge >= 0.3 is 5.97 Å². The Morgan fingerprint density at radius 2 is 1.88 bits per heavy atom. The van der Waals surface area contributed by atoms with Gasteiger partial charge in [0, 0.05) is 17.5 Å². The lowest BCUT2D eigenvalue weighted by Gasteiger charge is -2.23. The molecule has 1 aliphatic rings. The van der Waals surface area contributed by atoms with E-state index in [4.69, 9.17) is 0 Å². The number of carbonyl (C=O) groups excluding carboxylic acids is 1. The summed E-state index contributed by atoms with van der Waals surface area (Å²) in [6, 6.07) is 13.1. The van der Waals surface area contributed by atoms with Crippen LogP contribution < -0.4 is 5.32 Å². The molecule has 6 nitrogen and oxygen atoms in total. The largest absolute Gasteiger partial charge is 0.481 e. The number of aliphatic carboxylic acids is 1. The fourth-order valence-electron chi connectivity index (χ4n) is 3.57. The molecular formula is C19H17N3O3. The summed E-state index contributed by atoms with van der Waals surface area (Å²) in [4.78, 5) is 24.4. The van der Waals surface area contributed by atoms with E-state index in [2.05, 4.69) is 15.5 Å². The van der Waals surface area contributed by atoms with Crippen LogP contribution >= 0.6 is 0 Å². The zero-order valence-corrected chi connectivity index (χ0v) is 13.5. The highest BCUT2D eigenvalue weighted by atomic mass is 16.4. The smallest absolute Gasteiger partial charge is 0.310 e. The number of anilines is 1. The van der Waals surface area contributed by atoms with Crippen molar-refractivity contribution in [3.63, 3.8) is 0 Å². The summed E-state index contributed by atoms with van der Waals surface area (Å²) in [7, 11) is 0. The van der Waals surface area contributed by atoms with Crippen LogP contribution in [0.4, 0.5) is 5.69 Å². The maximum absolute atomic E-state index is 12.5. The van der Waals surface area contributed by atoms with Crippen molar-refractivity contribution in [2.45, 2.75) is 19.3 Å². The summed E-state index contributed by atoms with van der Waals surface area (Å²) in [6.45, 7) is 0. The van der Waals surface area contributed by atoms with Crippen LogP contribution in [0, 0.1) is 5.41 Å². The van der Waals surface area contributed by atoms with E-state index in [0.29, 0.717) is 18.5 Å². The summed E-state index contributed by atoms with van der Waals surface area (Å²) in [5.74, 6) is -1.23. The summed E-state index contributed by atoms with van der Waals surface area (Å²) < 4.78 is 0. The average Bonchev–Trinajstić information content (AvgIpc) is 3.18. The van der Waals surface area contributed by atoms with Gasteiger partial charge in [0.15, 0.2) is 0 Å². The van der Waals surface area contributed by atoms with Crippen LogP contribution in [0.1, 0.15) is 17.5 Å². The molecule has 0 spiro atoms. The molecule has 0 atom stereocenters. The minimum absolute atomic E-state index is 0.0575. The number of benzene rings is 2. The molecule has 1 aliphatic carbocycles. The number of fused-ring (bicyclic) bond motifs is 2. The molecule has 0 radical (unpaired) electrons. The number of nitrogens with zero attached hydrogens (tertiary/aromatic N) is 1. The molecule has 4 rings (SSSR count). The first kappa shape index (κ1) is 15.4. The van der Waals surface area contributed by atoms with Gasteiger partial charge in [-0.25, -0.2) is 0 Å². The van der Waals surface area contributed by atoms with E-state index in [9.17, 15) is 14.7 Å². The van der Waals surface area contributed by atoms with E-state index in [1.807, 2.05) is 30.3 Å². The van der Waals surface area contributed by atoms with Crippen LogP contribution in [0.5, 0.6) is 0 Å². The quantitative estimate of drug-likeness (QED) is 0.683. The van der Waals surface area contributed by atoms with Gasteiger partial charge in [-0.2, -0.15) is 5.10 Å². The van der Waals surface area contributed by atoms with Crippen molar-refractivity contribution in [2.75, 3.05) is 5.32 Å². The zero-order chi connectivity index (χ0) is 17.4. The third-order valence-electron chi connectivity index (χ3n) is 4.85. The fourth-order valence-corrected chi connectivity index (χ4v) is 3.57. The zero-order valence-electron chi connectivity index (χ0n) is 13.5. The first-order valence-corrected chi connectivity index (χ1v) is 8.09. The molecule has 1 amide bonds. The van der Waals surface area contributed by atoms with Crippen LogP contribution in [0.2, 0.25) is 0 Å². The molecule has 0 saturated heterocycles. The lowest BCUT2D eigenvalue weighted by Crippen LogP contribution is -2.36. The Morgan fingerprint density at radius 3 is 2.56 bits per heavy atom. The van der Waals surface area contributed by atoms with Gasteiger partial charge in [0.2, 0.25) is 5.91 Å². The summed E-state index contributed by atoms with van der Waals surface area (Å²) in [5.41, 5.74) is 2.39. The molecule has 0 unspecified atom stereocenters. The maximum atomic E-state index is 12.5. The number of hydrogen-bond acceptors (Lipinski definition) is 3. The number of aromatic nitrogens is 2. The van der Waals surface area contributed by atoms with E-state index in [1.165, 1.54) is 0 Å². The average molecular weight is 335 g/mol. The van der Waals surface area contributed by atoms with E-state index in [1.54, 1.807) is 18.3 Å². The summed E-state index contributed by atoms with van der Waals surface area (Å²) in [6.07, 6.45) is 2.41. The Kier molecular flexibility index (Phi) is 3.53. The first-order chi connectivity index (χ1) is 12.1. The lowest BCUT2D eigenvalue weighted by atomic mass is 9.81. The summed E-state index contributed by atoms with van der Waals surface area (Å²) >= 11 is 0. The number of H-pyrrole nitrogens is 1. The molecule has 0 bridgehead atoms. The van der Waals surface area contributed by atoms with E-state index >= 15 is 0 Å². The topological polar surface area (TPSA) is 95.1 Å². The van der Waals surface area contributed by atoms with Crippen molar-refractivity contribution in [1.29, 1.82) is 0 Å². The number of carboxylic acid groups (broad SMARTS) is 1. The molecule has 25 heavy (non-hydrogen) atoms. The third kappa shape index (κ3) is 2.76. The fraction of sp³-hybridized carbons (Fsp3) is 0.211. The molecule has 1 aromatic heterocycles. The number of amides is 1. The van der Waals surface area contributed by atoms with Crippen molar-refractivity contribution in [3.05, 3.63) is 59.8 Å². The van der Waals surface area contributed by atoms with Crippen LogP contribution in [0.15, 0.2) is 48.7 Å².